The van der Waals surface area contributed by atoms with Crippen LogP contribution in [0.15, 0.2) is 71.6 Å². The Bertz CT molecular complexity index is 1740. The number of amides is 1. The number of hydrogen-bond acceptors (Lipinski definition) is 9. The van der Waals surface area contributed by atoms with E-state index in [2.05, 4.69) is 40.5 Å². The Labute approximate surface area is 322 Å². The summed E-state index contributed by atoms with van der Waals surface area (Å²) in [6.07, 6.45) is 1.46. The molecule has 0 aliphatic carbocycles. The minimum atomic E-state index is -3.90. The molecule has 0 saturated carbocycles. The second kappa shape index (κ2) is 19.9. The number of nitrogens with zero attached hydrogens (tertiary/aromatic N) is 2. The molecule has 0 aromatic heterocycles. The standard InChI is InChI=1S/C42H59N3O8S/c1-7-51-32(4)27-50-28-34-11-14-36(15-12-34)39-25-37(23-31(3)43-33(5)46)45(54(47,48)38-16-9-30(2)10-17-38)26-42(39)53-29-35-13-18-41-40(24-35)44(20-22-52-41)19-8-21-49-6/h9-18,24,31-32,37,39,42H,7-8,19-23,25-29H2,1-6H3,(H,43,46)/t31-,32?,37+,39+,42-/m0/s1. The number of rotatable bonds is 19. The third-order valence-corrected chi connectivity index (χ3v) is 12.1. The smallest absolute Gasteiger partial charge is 0.243 e. The van der Waals surface area contributed by atoms with Gasteiger partial charge in [-0.25, -0.2) is 8.42 Å². The summed E-state index contributed by atoms with van der Waals surface area (Å²) in [6, 6.07) is 20.9. The third-order valence-electron chi connectivity index (χ3n) is 10.1. The van der Waals surface area contributed by atoms with E-state index in [0.717, 1.165) is 53.2 Å². The van der Waals surface area contributed by atoms with Crippen LogP contribution in [0.5, 0.6) is 5.75 Å². The molecule has 0 spiro atoms. The number of ether oxygens (including phenoxy) is 5. The first-order chi connectivity index (χ1) is 26.0. The van der Waals surface area contributed by atoms with Crippen LogP contribution in [0.1, 0.15) is 75.1 Å². The van der Waals surface area contributed by atoms with Gasteiger partial charge >= 0.3 is 0 Å². The summed E-state index contributed by atoms with van der Waals surface area (Å²) in [5, 5.41) is 2.97. The number of sulfonamides is 1. The summed E-state index contributed by atoms with van der Waals surface area (Å²) in [4.78, 5) is 14.6. The van der Waals surface area contributed by atoms with E-state index in [1.165, 1.54) is 6.92 Å². The predicted octanol–water partition coefficient (Wildman–Crippen LogP) is 6.22. The fourth-order valence-electron chi connectivity index (χ4n) is 7.48. The van der Waals surface area contributed by atoms with E-state index in [1.807, 2.05) is 52.0 Å². The molecule has 5 atom stereocenters. The molecular weight excluding hydrogens is 707 g/mol. The number of fused-ring (bicyclic) bond motifs is 1. The van der Waals surface area contributed by atoms with Crippen LogP contribution in [0.4, 0.5) is 5.69 Å². The molecule has 2 aliphatic rings. The van der Waals surface area contributed by atoms with Gasteiger partial charge in [0.15, 0.2) is 0 Å². The van der Waals surface area contributed by atoms with Crippen LogP contribution >= 0.6 is 0 Å². The lowest BCUT2D eigenvalue weighted by Gasteiger charge is -2.44. The van der Waals surface area contributed by atoms with E-state index < -0.39 is 16.1 Å². The van der Waals surface area contributed by atoms with Gasteiger partial charge in [-0.2, -0.15) is 4.31 Å². The second-order valence-electron chi connectivity index (χ2n) is 14.6. The van der Waals surface area contributed by atoms with Crippen LogP contribution in [0.25, 0.3) is 0 Å². The maximum Gasteiger partial charge on any atom is 0.243 e. The van der Waals surface area contributed by atoms with Crippen molar-refractivity contribution < 1.29 is 36.9 Å². The van der Waals surface area contributed by atoms with Crippen molar-refractivity contribution in [3.8, 4) is 5.75 Å². The highest BCUT2D eigenvalue weighted by Crippen LogP contribution is 2.39. The molecule has 5 rings (SSSR count). The molecule has 2 heterocycles. The molecular formula is C42H59N3O8S. The maximum atomic E-state index is 14.4. The first kappa shape index (κ1) is 41.6. The summed E-state index contributed by atoms with van der Waals surface area (Å²) in [5.41, 5.74) is 5.11. The van der Waals surface area contributed by atoms with Crippen molar-refractivity contribution in [2.24, 2.45) is 0 Å². The molecule has 54 heavy (non-hydrogen) atoms. The zero-order chi connectivity index (χ0) is 38.7. The SMILES string of the molecule is CCOC(C)COCc1ccc([C@H]2C[C@@H](C[C@H](C)NC(C)=O)N(S(=O)(=O)c3ccc(C)cc3)C[C@@H]2OCc2ccc3c(c2)N(CCCOC)CCO3)cc1. The molecule has 1 fully saturated rings. The van der Waals surface area contributed by atoms with Crippen LogP contribution in [-0.4, -0.2) is 96.1 Å². The van der Waals surface area contributed by atoms with E-state index in [-0.39, 0.29) is 41.5 Å². The van der Waals surface area contributed by atoms with Gasteiger partial charge in [0.25, 0.3) is 0 Å². The summed E-state index contributed by atoms with van der Waals surface area (Å²) < 4.78 is 60.1. The first-order valence-corrected chi connectivity index (χ1v) is 20.7. The van der Waals surface area contributed by atoms with Crippen molar-refractivity contribution in [2.75, 3.05) is 58.1 Å². The van der Waals surface area contributed by atoms with E-state index in [9.17, 15) is 13.2 Å². The molecule has 1 saturated heterocycles. The molecule has 1 N–H and O–H groups in total. The molecule has 3 aromatic rings. The lowest BCUT2D eigenvalue weighted by molar-refractivity contribution is -0.119. The number of methoxy groups -OCH3 is 1. The quantitative estimate of drug-likeness (QED) is 0.142. The van der Waals surface area contributed by atoms with Crippen molar-refractivity contribution >= 4 is 21.6 Å². The second-order valence-corrected chi connectivity index (χ2v) is 16.5. The normalized spacial score (nSPS) is 20.2. The van der Waals surface area contributed by atoms with E-state index in [1.54, 1.807) is 23.5 Å². The van der Waals surface area contributed by atoms with Crippen molar-refractivity contribution in [2.45, 2.75) is 102 Å². The first-order valence-electron chi connectivity index (χ1n) is 19.2. The van der Waals surface area contributed by atoms with Crippen molar-refractivity contribution in [1.82, 2.24) is 9.62 Å². The number of anilines is 1. The number of aryl methyl sites for hydroxylation is 1. The number of hydrogen-bond donors (Lipinski definition) is 1. The summed E-state index contributed by atoms with van der Waals surface area (Å²) in [5.74, 6) is 0.592. The van der Waals surface area contributed by atoms with Crippen molar-refractivity contribution in [3.05, 3.63) is 89.0 Å². The van der Waals surface area contributed by atoms with E-state index >= 15 is 0 Å². The highest BCUT2D eigenvalue weighted by molar-refractivity contribution is 7.89. The minimum Gasteiger partial charge on any atom is -0.490 e. The average Bonchev–Trinajstić information content (AvgIpc) is 3.14. The molecule has 0 bridgehead atoms. The number of benzene rings is 3. The van der Waals surface area contributed by atoms with Gasteiger partial charge < -0.3 is 33.9 Å². The van der Waals surface area contributed by atoms with Crippen molar-refractivity contribution in [3.63, 3.8) is 0 Å². The average molecular weight is 766 g/mol. The zero-order valence-electron chi connectivity index (χ0n) is 32.8. The molecule has 296 valence electrons. The van der Waals surface area contributed by atoms with Crippen LogP contribution < -0.4 is 15.0 Å². The van der Waals surface area contributed by atoms with E-state index in [4.69, 9.17) is 23.7 Å². The van der Waals surface area contributed by atoms with Crippen LogP contribution in [0.2, 0.25) is 0 Å². The monoisotopic (exact) mass is 765 g/mol. The Morgan fingerprint density at radius 2 is 1.76 bits per heavy atom. The lowest BCUT2D eigenvalue weighted by Crippen LogP contribution is -2.54. The van der Waals surface area contributed by atoms with E-state index in [0.29, 0.717) is 52.5 Å². The van der Waals surface area contributed by atoms with Gasteiger partial charge in [0, 0.05) is 58.3 Å². The topological polar surface area (TPSA) is 116 Å². The molecule has 1 amide bonds. The zero-order valence-corrected chi connectivity index (χ0v) is 33.6. The molecule has 12 heteroatoms. The number of carbonyl (C=O) groups is 1. The predicted molar refractivity (Wildman–Crippen MR) is 211 cm³/mol. The fraction of sp³-hybridized carbons (Fsp3) is 0.548. The Balaban J connectivity index is 1.43. The van der Waals surface area contributed by atoms with Crippen LogP contribution in [0.3, 0.4) is 0 Å². The highest BCUT2D eigenvalue weighted by atomic mass is 32.2. The Morgan fingerprint density at radius 1 is 1.02 bits per heavy atom. The van der Waals surface area contributed by atoms with Gasteiger partial charge in [0.05, 0.1) is 49.2 Å². The molecule has 1 unspecified atom stereocenters. The molecule has 0 radical (unpaired) electrons. The fourth-order valence-corrected chi connectivity index (χ4v) is 9.14. The summed E-state index contributed by atoms with van der Waals surface area (Å²) in [6.45, 7) is 14.4. The van der Waals surface area contributed by atoms with Gasteiger partial charge in [-0.3, -0.25) is 4.79 Å². The van der Waals surface area contributed by atoms with Gasteiger partial charge in [-0.05, 0) is 87.9 Å². The number of piperidine rings is 1. The van der Waals surface area contributed by atoms with Crippen molar-refractivity contribution in [1.29, 1.82) is 0 Å². The largest absolute Gasteiger partial charge is 0.490 e. The number of carbonyl (C=O) groups excluding carboxylic acids is 1. The Hall–Kier alpha value is -3.52. The number of nitrogens with one attached hydrogen (secondary N) is 1. The summed E-state index contributed by atoms with van der Waals surface area (Å²) >= 11 is 0. The Morgan fingerprint density at radius 3 is 2.46 bits per heavy atom. The van der Waals surface area contributed by atoms with Gasteiger partial charge in [-0.15, -0.1) is 0 Å². The van der Waals surface area contributed by atoms with Crippen LogP contribution in [-0.2, 0) is 47.0 Å². The molecule has 2 aliphatic heterocycles. The van der Waals surface area contributed by atoms with Gasteiger partial charge in [0.2, 0.25) is 15.9 Å². The van der Waals surface area contributed by atoms with Crippen LogP contribution in [0, 0.1) is 6.92 Å². The highest BCUT2D eigenvalue weighted by Gasteiger charge is 2.43. The summed E-state index contributed by atoms with van der Waals surface area (Å²) in [7, 11) is -2.18. The lowest BCUT2D eigenvalue weighted by atomic mass is 9.82. The maximum absolute atomic E-state index is 14.4. The Kier molecular flexibility index (Phi) is 15.3. The minimum absolute atomic E-state index is 0.0201. The molecule has 3 aromatic carbocycles. The van der Waals surface area contributed by atoms with Gasteiger partial charge in [-0.1, -0.05) is 48.0 Å². The van der Waals surface area contributed by atoms with Gasteiger partial charge in [0.1, 0.15) is 12.4 Å². The third kappa shape index (κ3) is 11.3. The molecule has 11 nitrogen and oxygen atoms in total.